The first kappa shape index (κ1) is 14.6. The molecule has 0 amide bonds. The average molecular weight is 341 g/mol. The Labute approximate surface area is 106 Å². The van der Waals surface area contributed by atoms with Crippen LogP contribution < -0.4 is 0 Å². The standard InChI is InChI=1S/C9H4BrClF6/c10-3-4-1-5(8(12,13)14)6(2-7(4)11)9(15,16)17/h1-2H,3H2. The van der Waals surface area contributed by atoms with Crippen LogP contribution in [-0.2, 0) is 17.7 Å². The highest BCUT2D eigenvalue weighted by Crippen LogP contribution is 2.42. The second-order valence-electron chi connectivity index (χ2n) is 3.12. The maximum absolute atomic E-state index is 12.5. The molecule has 0 aliphatic rings. The Morgan fingerprint density at radius 1 is 0.941 bits per heavy atom. The van der Waals surface area contributed by atoms with E-state index >= 15 is 0 Å². The van der Waals surface area contributed by atoms with Crippen LogP contribution in [0.5, 0.6) is 0 Å². The van der Waals surface area contributed by atoms with Gasteiger partial charge in [0, 0.05) is 10.4 Å². The predicted molar refractivity (Wildman–Crippen MR) is 54.1 cm³/mol. The highest BCUT2D eigenvalue weighted by atomic mass is 79.9. The van der Waals surface area contributed by atoms with E-state index in [-0.39, 0.29) is 15.9 Å². The second-order valence-corrected chi connectivity index (χ2v) is 4.09. The molecular weight excluding hydrogens is 337 g/mol. The van der Waals surface area contributed by atoms with E-state index in [9.17, 15) is 26.3 Å². The Balaban J connectivity index is 3.54. The largest absolute Gasteiger partial charge is 0.417 e. The van der Waals surface area contributed by atoms with E-state index in [4.69, 9.17) is 11.6 Å². The van der Waals surface area contributed by atoms with E-state index in [1.807, 2.05) is 0 Å². The van der Waals surface area contributed by atoms with E-state index in [1.165, 1.54) is 0 Å². The summed E-state index contributed by atoms with van der Waals surface area (Å²) in [6.07, 6.45) is -10.2. The molecule has 0 nitrogen and oxygen atoms in total. The van der Waals surface area contributed by atoms with Crippen LogP contribution in [0.1, 0.15) is 16.7 Å². The number of alkyl halides is 7. The monoisotopic (exact) mass is 340 g/mol. The summed E-state index contributed by atoms with van der Waals surface area (Å²) in [5, 5.41) is -0.422. The molecule has 0 aromatic heterocycles. The third kappa shape index (κ3) is 3.28. The molecule has 0 unspecified atom stereocenters. The molecule has 0 aliphatic heterocycles. The van der Waals surface area contributed by atoms with Gasteiger partial charge in [0.05, 0.1) is 11.1 Å². The van der Waals surface area contributed by atoms with Crippen molar-refractivity contribution in [2.45, 2.75) is 17.7 Å². The highest BCUT2D eigenvalue weighted by molar-refractivity contribution is 9.08. The van der Waals surface area contributed by atoms with Crippen molar-refractivity contribution >= 4 is 27.5 Å². The normalized spacial score (nSPS) is 12.9. The van der Waals surface area contributed by atoms with Gasteiger partial charge in [0.2, 0.25) is 0 Å². The Hall–Kier alpha value is -0.430. The quantitative estimate of drug-likeness (QED) is 0.482. The summed E-state index contributed by atoms with van der Waals surface area (Å²) >= 11 is 8.31. The molecule has 0 fully saturated rings. The van der Waals surface area contributed by atoms with Crippen molar-refractivity contribution in [3.63, 3.8) is 0 Å². The van der Waals surface area contributed by atoms with Gasteiger partial charge >= 0.3 is 12.4 Å². The lowest BCUT2D eigenvalue weighted by Crippen LogP contribution is -2.17. The Morgan fingerprint density at radius 3 is 1.71 bits per heavy atom. The van der Waals surface area contributed by atoms with E-state index in [1.54, 1.807) is 0 Å². The Morgan fingerprint density at radius 2 is 1.35 bits per heavy atom. The van der Waals surface area contributed by atoms with Crippen LogP contribution in [-0.4, -0.2) is 0 Å². The molecule has 17 heavy (non-hydrogen) atoms. The summed E-state index contributed by atoms with van der Waals surface area (Å²) in [4.78, 5) is 0. The lowest BCUT2D eigenvalue weighted by molar-refractivity contribution is -0.162. The van der Waals surface area contributed by atoms with E-state index < -0.39 is 23.5 Å². The van der Waals surface area contributed by atoms with Crippen molar-refractivity contribution < 1.29 is 26.3 Å². The Kier molecular flexibility index (Phi) is 4.03. The smallest absolute Gasteiger partial charge is 0.166 e. The summed E-state index contributed by atoms with van der Waals surface area (Å²) in [5.74, 6) is 0. The van der Waals surface area contributed by atoms with Gasteiger partial charge in [0.25, 0.3) is 0 Å². The van der Waals surface area contributed by atoms with Gasteiger partial charge in [-0.3, -0.25) is 0 Å². The minimum atomic E-state index is -5.10. The fourth-order valence-corrected chi connectivity index (χ4v) is 2.05. The molecule has 0 aliphatic carbocycles. The molecule has 0 saturated carbocycles. The van der Waals surface area contributed by atoms with Crippen molar-refractivity contribution in [3.05, 3.63) is 33.8 Å². The molecule has 0 bridgehead atoms. The first-order valence-corrected chi connectivity index (χ1v) is 5.60. The number of rotatable bonds is 1. The first-order chi connectivity index (χ1) is 7.57. The van der Waals surface area contributed by atoms with Gasteiger partial charge in [0.1, 0.15) is 0 Å². The van der Waals surface area contributed by atoms with Crippen LogP contribution in [0.2, 0.25) is 5.02 Å². The van der Waals surface area contributed by atoms with Gasteiger partial charge in [-0.05, 0) is 17.7 Å². The zero-order valence-corrected chi connectivity index (χ0v) is 10.2. The van der Waals surface area contributed by atoms with Crippen molar-refractivity contribution in [2.24, 2.45) is 0 Å². The van der Waals surface area contributed by atoms with Gasteiger partial charge in [0.15, 0.2) is 0 Å². The lowest BCUT2D eigenvalue weighted by Gasteiger charge is -2.17. The van der Waals surface area contributed by atoms with Gasteiger partial charge in [-0.1, -0.05) is 27.5 Å². The summed E-state index contributed by atoms with van der Waals surface area (Å²) in [7, 11) is 0. The maximum atomic E-state index is 12.5. The van der Waals surface area contributed by atoms with E-state index in [0.29, 0.717) is 12.1 Å². The summed E-state index contributed by atoms with van der Waals surface area (Å²) in [6.45, 7) is 0. The molecule has 0 radical (unpaired) electrons. The zero-order chi connectivity index (χ0) is 13.4. The van der Waals surface area contributed by atoms with Gasteiger partial charge in [-0.15, -0.1) is 0 Å². The number of halogens is 8. The van der Waals surface area contributed by atoms with Crippen molar-refractivity contribution in [2.75, 3.05) is 0 Å². The highest BCUT2D eigenvalue weighted by Gasteiger charge is 2.43. The maximum Gasteiger partial charge on any atom is 0.417 e. The van der Waals surface area contributed by atoms with Crippen LogP contribution in [0.15, 0.2) is 12.1 Å². The number of benzene rings is 1. The van der Waals surface area contributed by atoms with Crippen LogP contribution in [0.4, 0.5) is 26.3 Å². The van der Waals surface area contributed by atoms with Crippen LogP contribution in [0.25, 0.3) is 0 Å². The molecule has 8 heteroatoms. The summed E-state index contributed by atoms with van der Waals surface area (Å²) in [6, 6.07) is 0.695. The first-order valence-electron chi connectivity index (χ1n) is 4.10. The van der Waals surface area contributed by atoms with Gasteiger partial charge in [-0.2, -0.15) is 26.3 Å². The SMILES string of the molecule is FC(F)(F)c1cc(Cl)c(CBr)cc1C(F)(F)F. The molecule has 0 N–H and O–H groups in total. The molecule has 0 atom stereocenters. The Bertz CT molecular complexity index is 423. The van der Waals surface area contributed by atoms with Crippen molar-refractivity contribution in [1.82, 2.24) is 0 Å². The van der Waals surface area contributed by atoms with E-state index in [2.05, 4.69) is 15.9 Å². The number of hydrogen-bond donors (Lipinski definition) is 0. The van der Waals surface area contributed by atoms with Crippen LogP contribution in [0.3, 0.4) is 0 Å². The minimum absolute atomic E-state index is 0.0491. The third-order valence-corrected chi connectivity index (χ3v) is 2.90. The molecule has 1 aromatic carbocycles. The topological polar surface area (TPSA) is 0 Å². The van der Waals surface area contributed by atoms with Crippen LogP contribution in [0, 0.1) is 0 Å². The zero-order valence-electron chi connectivity index (χ0n) is 7.89. The fourth-order valence-electron chi connectivity index (χ4n) is 1.19. The molecule has 1 aromatic rings. The molecule has 0 saturated heterocycles. The molecule has 0 heterocycles. The summed E-state index contributed by atoms with van der Waals surface area (Å²) < 4.78 is 74.7. The van der Waals surface area contributed by atoms with Gasteiger partial charge < -0.3 is 0 Å². The molecule has 96 valence electrons. The molecule has 0 spiro atoms. The third-order valence-electron chi connectivity index (χ3n) is 1.94. The number of hydrogen-bond acceptors (Lipinski definition) is 0. The summed E-state index contributed by atoms with van der Waals surface area (Å²) in [5.41, 5.74) is -3.56. The fraction of sp³-hybridized carbons (Fsp3) is 0.333. The van der Waals surface area contributed by atoms with Crippen molar-refractivity contribution in [3.8, 4) is 0 Å². The van der Waals surface area contributed by atoms with Gasteiger partial charge in [-0.25, -0.2) is 0 Å². The van der Waals surface area contributed by atoms with Crippen LogP contribution >= 0.6 is 27.5 Å². The average Bonchev–Trinajstić information content (AvgIpc) is 2.14. The lowest BCUT2D eigenvalue weighted by atomic mass is 10.0. The molecule has 1 rings (SSSR count). The van der Waals surface area contributed by atoms with E-state index in [0.717, 1.165) is 0 Å². The molecular formula is C9H4BrClF6. The van der Waals surface area contributed by atoms with Crippen molar-refractivity contribution in [1.29, 1.82) is 0 Å². The minimum Gasteiger partial charge on any atom is -0.166 e. The predicted octanol–water partition coefficient (Wildman–Crippen LogP) is 5.27. The second kappa shape index (κ2) is 4.68.